The number of nitrogens with zero attached hydrogens (tertiary/aromatic N) is 1. The number of hydrogen-bond donors (Lipinski definition) is 2. The molecule has 0 aliphatic carbocycles. The first kappa shape index (κ1) is 13.8. The van der Waals surface area contributed by atoms with E-state index in [1.165, 1.54) is 0 Å². The molecule has 3 N–H and O–H groups in total. The van der Waals surface area contributed by atoms with E-state index in [-0.39, 0.29) is 5.92 Å². The van der Waals surface area contributed by atoms with E-state index in [1.807, 2.05) is 18.2 Å². The molecule has 0 spiro atoms. The summed E-state index contributed by atoms with van der Waals surface area (Å²) in [6.45, 7) is 5.98. The smallest absolute Gasteiger partial charge is 0.248 e. The van der Waals surface area contributed by atoms with Crippen LogP contribution in [0.4, 0.5) is 0 Å². The van der Waals surface area contributed by atoms with Crippen LogP contribution in [0.15, 0.2) is 36.9 Å². The van der Waals surface area contributed by atoms with Crippen molar-refractivity contribution in [3.8, 4) is 0 Å². The van der Waals surface area contributed by atoms with E-state index >= 15 is 0 Å². The summed E-state index contributed by atoms with van der Waals surface area (Å²) in [5.41, 5.74) is 6.78. The van der Waals surface area contributed by atoms with Crippen molar-refractivity contribution in [1.29, 1.82) is 0 Å². The Morgan fingerprint density at radius 1 is 1.53 bits per heavy atom. The second-order valence-corrected chi connectivity index (χ2v) is 4.96. The molecule has 1 fully saturated rings. The van der Waals surface area contributed by atoms with Gasteiger partial charge in [-0.15, -0.1) is 6.58 Å². The SMILES string of the molecule is C=CCN1CCC(c2ccccc2C(N)=O)C(O)C1. The number of aliphatic hydroxyl groups excluding tert-OH is 1. The van der Waals surface area contributed by atoms with Crippen LogP contribution < -0.4 is 5.73 Å². The van der Waals surface area contributed by atoms with Gasteiger partial charge in [0.2, 0.25) is 5.91 Å². The number of hydrogen-bond acceptors (Lipinski definition) is 3. The third kappa shape index (κ3) is 3.03. The maximum atomic E-state index is 11.5. The lowest BCUT2D eigenvalue weighted by molar-refractivity contribution is 0.0566. The van der Waals surface area contributed by atoms with Crippen molar-refractivity contribution >= 4 is 5.91 Å². The maximum absolute atomic E-state index is 11.5. The average molecular weight is 260 g/mol. The summed E-state index contributed by atoms with van der Waals surface area (Å²) in [5, 5.41) is 10.3. The van der Waals surface area contributed by atoms with Crippen LogP contribution in [-0.2, 0) is 0 Å². The van der Waals surface area contributed by atoms with Crippen LogP contribution >= 0.6 is 0 Å². The van der Waals surface area contributed by atoms with Crippen LogP contribution in [0, 0.1) is 0 Å². The Morgan fingerprint density at radius 2 is 2.26 bits per heavy atom. The third-order valence-electron chi connectivity index (χ3n) is 3.68. The Labute approximate surface area is 113 Å². The van der Waals surface area contributed by atoms with E-state index in [0.717, 1.165) is 25.1 Å². The number of carbonyl (C=O) groups is 1. The summed E-state index contributed by atoms with van der Waals surface area (Å²) in [5.74, 6) is -0.457. The minimum Gasteiger partial charge on any atom is -0.391 e. The first-order chi connectivity index (χ1) is 9.13. The zero-order valence-corrected chi connectivity index (χ0v) is 11.0. The standard InChI is InChI=1S/C15H20N2O2/c1-2-8-17-9-7-12(14(18)10-17)11-5-3-4-6-13(11)15(16)19/h2-6,12,14,18H,1,7-10H2,(H2,16,19). The molecule has 1 aromatic carbocycles. The number of piperidine rings is 1. The van der Waals surface area contributed by atoms with E-state index in [2.05, 4.69) is 11.5 Å². The molecular formula is C15H20N2O2. The van der Waals surface area contributed by atoms with E-state index in [9.17, 15) is 9.90 Å². The molecule has 0 saturated carbocycles. The quantitative estimate of drug-likeness (QED) is 0.797. The molecule has 0 aromatic heterocycles. The van der Waals surface area contributed by atoms with Crippen LogP contribution in [0.2, 0.25) is 0 Å². The van der Waals surface area contributed by atoms with Crippen molar-refractivity contribution in [2.24, 2.45) is 5.73 Å². The van der Waals surface area contributed by atoms with Gasteiger partial charge in [-0.05, 0) is 24.6 Å². The molecule has 4 heteroatoms. The monoisotopic (exact) mass is 260 g/mol. The van der Waals surface area contributed by atoms with Gasteiger partial charge in [-0.3, -0.25) is 9.69 Å². The highest BCUT2D eigenvalue weighted by atomic mass is 16.3. The summed E-state index contributed by atoms with van der Waals surface area (Å²) in [4.78, 5) is 13.6. The molecule has 1 aromatic rings. The van der Waals surface area contributed by atoms with Crippen LogP contribution in [-0.4, -0.2) is 41.7 Å². The van der Waals surface area contributed by atoms with Gasteiger partial charge < -0.3 is 10.8 Å². The normalized spacial score (nSPS) is 24.1. The first-order valence-electron chi connectivity index (χ1n) is 6.53. The summed E-state index contributed by atoms with van der Waals surface area (Å²) in [7, 11) is 0. The molecule has 2 unspecified atom stereocenters. The number of likely N-dealkylation sites (tertiary alicyclic amines) is 1. The Hall–Kier alpha value is -1.65. The van der Waals surface area contributed by atoms with Gasteiger partial charge in [0.15, 0.2) is 0 Å². The molecule has 2 atom stereocenters. The van der Waals surface area contributed by atoms with Crippen molar-refractivity contribution < 1.29 is 9.90 Å². The van der Waals surface area contributed by atoms with E-state index in [0.29, 0.717) is 12.1 Å². The van der Waals surface area contributed by atoms with Gasteiger partial charge in [-0.2, -0.15) is 0 Å². The Kier molecular flexibility index (Phi) is 4.35. The zero-order chi connectivity index (χ0) is 13.8. The minimum absolute atomic E-state index is 0.0234. The number of rotatable bonds is 4. The number of amides is 1. The predicted molar refractivity (Wildman–Crippen MR) is 75.0 cm³/mol. The fourth-order valence-corrected chi connectivity index (χ4v) is 2.75. The molecule has 2 rings (SSSR count). The van der Waals surface area contributed by atoms with Crippen LogP contribution in [0.3, 0.4) is 0 Å². The Balaban J connectivity index is 2.19. The molecule has 19 heavy (non-hydrogen) atoms. The molecule has 1 heterocycles. The average Bonchev–Trinajstić information content (AvgIpc) is 2.39. The lowest BCUT2D eigenvalue weighted by Gasteiger charge is -2.36. The van der Waals surface area contributed by atoms with Crippen LogP contribution in [0.5, 0.6) is 0 Å². The molecule has 1 amide bonds. The molecule has 1 aliphatic rings. The van der Waals surface area contributed by atoms with Crippen LogP contribution in [0.25, 0.3) is 0 Å². The molecule has 102 valence electrons. The van der Waals surface area contributed by atoms with Crippen LogP contribution in [0.1, 0.15) is 28.3 Å². The van der Waals surface area contributed by atoms with Crippen molar-refractivity contribution in [3.05, 3.63) is 48.0 Å². The summed E-state index contributed by atoms with van der Waals surface area (Å²) >= 11 is 0. The fourth-order valence-electron chi connectivity index (χ4n) is 2.75. The number of nitrogens with two attached hydrogens (primary N) is 1. The summed E-state index contributed by atoms with van der Waals surface area (Å²) in [6.07, 6.45) is 2.18. The summed E-state index contributed by atoms with van der Waals surface area (Å²) in [6, 6.07) is 7.28. The van der Waals surface area contributed by atoms with E-state index in [4.69, 9.17) is 5.73 Å². The van der Waals surface area contributed by atoms with Gasteiger partial charge in [0, 0.05) is 24.6 Å². The predicted octanol–water partition coefficient (Wildman–Crippen LogP) is 1.12. The van der Waals surface area contributed by atoms with Gasteiger partial charge in [-0.1, -0.05) is 24.3 Å². The lowest BCUT2D eigenvalue weighted by Crippen LogP contribution is -2.43. The highest BCUT2D eigenvalue weighted by Crippen LogP contribution is 2.30. The number of primary amides is 1. The number of carbonyl (C=O) groups excluding carboxylic acids is 1. The van der Waals surface area contributed by atoms with E-state index in [1.54, 1.807) is 12.1 Å². The van der Waals surface area contributed by atoms with Gasteiger partial charge >= 0.3 is 0 Å². The second kappa shape index (κ2) is 5.99. The number of benzene rings is 1. The Bertz CT molecular complexity index is 473. The third-order valence-corrected chi connectivity index (χ3v) is 3.68. The molecule has 0 radical (unpaired) electrons. The Morgan fingerprint density at radius 3 is 2.89 bits per heavy atom. The van der Waals surface area contributed by atoms with Crippen molar-refractivity contribution in [2.75, 3.05) is 19.6 Å². The van der Waals surface area contributed by atoms with Gasteiger partial charge in [-0.25, -0.2) is 0 Å². The molecule has 4 nitrogen and oxygen atoms in total. The van der Waals surface area contributed by atoms with Crippen molar-refractivity contribution in [1.82, 2.24) is 4.90 Å². The molecule has 0 bridgehead atoms. The number of aliphatic hydroxyl groups is 1. The highest BCUT2D eigenvalue weighted by molar-refractivity contribution is 5.94. The molecule has 1 saturated heterocycles. The van der Waals surface area contributed by atoms with Gasteiger partial charge in [0.05, 0.1) is 6.10 Å². The van der Waals surface area contributed by atoms with Crippen molar-refractivity contribution in [3.63, 3.8) is 0 Å². The first-order valence-corrected chi connectivity index (χ1v) is 6.53. The topological polar surface area (TPSA) is 66.6 Å². The second-order valence-electron chi connectivity index (χ2n) is 4.96. The highest BCUT2D eigenvalue weighted by Gasteiger charge is 2.30. The maximum Gasteiger partial charge on any atom is 0.248 e. The number of β-amino-alcohol motifs (C(OH)–C–C–N with tert-alkyl or cyclic N) is 1. The lowest BCUT2D eigenvalue weighted by atomic mass is 9.84. The van der Waals surface area contributed by atoms with Gasteiger partial charge in [0.1, 0.15) is 0 Å². The van der Waals surface area contributed by atoms with E-state index < -0.39 is 12.0 Å². The molecular weight excluding hydrogens is 240 g/mol. The minimum atomic E-state index is -0.478. The summed E-state index contributed by atoms with van der Waals surface area (Å²) < 4.78 is 0. The zero-order valence-electron chi connectivity index (χ0n) is 11.0. The fraction of sp³-hybridized carbons (Fsp3) is 0.400. The molecule has 1 aliphatic heterocycles. The largest absolute Gasteiger partial charge is 0.391 e. The van der Waals surface area contributed by atoms with Crippen molar-refractivity contribution in [2.45, 2.75) is 18.4 Å². The van der Waals surface area contributed by atoms with Gasteiger partial charge in [0.25, 0.3) is 0 Å².